The molecule has 1 amide bonds. The van der Waals surface area contributed by atoms with E-state index < -0.39 is 10.0 Å². The van der Waals surface area contributed by atoms with Crippen molar-refractivity contribution in [3.05, 3.63) is 95.6 Å². The van der Waals surface area contributed by atoms with E-state index in [2.05, 4.69) is 5.32 Å². The molecule has 3 aromatic rings. The van der Waals surface area contributed by atoms with Crippen molar-refractivity contribution in [3.63, 3.8) is 0 Å². The SMILES string of the molecule is Cc1ccccc1OCCNC(=O)c1ccc(N(Cc2ccccc2)S(C)(=O)=O)cc1. The number of para-hydroxylation sites is 1. The maximum atomic E-state index is 12.4. The van der Waals surface area contributed by atoms with Crippen molar-refractivity contribution in [1.82, 2.24) is 5.32 Å². The summed E-state index contributed by atoms with van der Waals surface area (Å²) in [7, 11) is -3.48. The summed E-state index contributed by atoms with van der Waals surface area (Å²) in [6.07, 6.45) is 1.17. The second-order valence-corrected chi connectivity index (χ2v) is 9.08. The Kier molecular flexibility index (Phi) is 7.31. The minimum absolute atomic E-state index is 0.224. The lowest BCUT2D eigenvalue weighted by Crippen LogP contribution is -2.30. The summed E-state index contributed by atoms with van der Waals surface area (Å²) in [6.45, 7) is 2.90. The first-order valence-electron chi connectivity index (χ1n) is 9.93. The van der Waals surface area contributed by atoms with Gasteiger partial charge in [-0.15, -0.1) is 0 Å². The zero-order chi connectivity index (χ0) is 22.3. The van der Waals surface area contributed by atoms with Crippen LogP contribution in [0.15, 0.2) is 78.9 Å². The zero-order valence-electron chi connectivity index (χ0n) is 17.6. The summed E-state index contributed by atoms with van der Waals surface area (Å²) in [5, 5.41) is 2.81. The topological polar surface area (TPSA) is 75.7 Å². The molecule has 0 saturated heterocycles. The maximum absolute atomic E-state index is 12.4. The third kappa shape index (κ3) is 6.33. The molecule has 6 nitrogen and oxygen atoms in total. The van der Waals surface area contributed by atoms with E-state index >= 15 is 0 Å². The molecule has 0 saturated carbocycles. The minimum atomic E-state index is -3.48. The molecule has 0 aliphatic rings. The molecular formula is C24H26N2O4S. The van der Waals surface area contributed by atoms with Crippen LogP contribution in [0.4, 0.5) is 5.69 Å². The molecule has 0 fully saturated rings. The van der Waals surface area contributed by atoms with Gasteiger partial charge in [-0.05, 0) is 48.4 Å². The molecule has 0 heterocycles. The highest BCUT2D eigenvalue weighted by molar-refractivity contribution is 7.92. The van der Waals surface area contributed by atoms with Crippen LogP contribution in [0.1, 0.15) is 21.5 Å². The number of nitrogens with one attached hydrogen (secondary N) is 1. The van der Waals surface area contributed by atoms with Crippen LogP contribution < -0.4 is 14.4 Å². The van der Waals surface area contributed by atoms with Crippen molar-refractivity contribution in [2.75, 3.05) is 23.7 Å². The number of amides is 1. The fourth-order valence-corrected chi connectivity index (χ4v) is 3.96. The van der Waals surface area contributed by atoms with Gasteiger partial charge in [-0.1, -0.05) is 48.5 Å². The Bertz CT molecular complexity index is 1110. The molecule has 0 radical (unpaired) electrons. The zero-order valence-corrected chi connectivity index (χ0v) is 18.4. The lowest BCUT2D eigenvalue weighted by Gasteiger charge is -2.22. The first kappa shape index (κ1) is 22.4. The second kappa shape index (κ2) is 10.1. The molecule has 0 aromatic heterocycles. The van der Waals surface area contributed by atoms with E-state index in [1.807, 2.05) is 61.5 Å². The third-order valence-electron chi connectivity index (χ3n) is 4.73. The highest BCUT2D eigenvalue weighted by Crippen LogP contribution is 2.21. The Morgan fingerprint density at radius 1 is 0.935 bits per heavy atom. The number of ether oxygens (including phenoxy) is 1. The quantitative estimate of drug-likeness (QED) is 0.516. The van der Waals surface area contributed by atoms with E-state index in [4.69, 9.17) is 4.74 Å². The predicted octanol–water partition coefficient (Wildman–Crippen LogP) is 3.77. The summed E-state index contributed by atoms with van der Waals surface area (Å²) in [4.78, 5) is 12.4. The standard InChI is InChI=1S/C24H26N2O4S/c1-19-8-6-7-11-23(19)30-17-16-25-24(27)21-12-14-22(15-13-21)26(31(2,28)29)18-20-9-4-3-5-10-20/h3-15H,16-18H2,1-2H3,(H,25,27). The van der Waals surface area contributed by atoms with Gasteiger partial charge < -0.3 is 10.1 Å². The van der Waals surface area contributed by atoms with Gasteiger partial charge in [-0.2, -0.15) is 0 Å². The molecular weight excluding hydrogens is 412 g/mol. The number of hydrogen-bond donors (Lipinski definition) is 1. The van der Waals surface area contributed by atoms with Crippen LogP contribution in [-0.2, 0) is 16.6 Å². The number of nitrogens with zero attached hydrogens (tertiary/aromatic N) is 1. The highest BCUT2D eigenvalue weighted by Gasteiger charge is 2.18. The van der Waals surface area contributed by atoms with Crippen molar-refractivity contribution < 1.29 is 17.9 Å². The summed E-state index contributed by atoms with van der Waals surface area (Å²) < 4.78 is 31.6. The van der Waals surface area contributed by atoms with Gasteiger partial charge >= 0.3 is 0 Å². The number of sulfonamides is 1. The number of carbonyl (C=O) groups excluding carboxylic acids is 1. The Hall–Kier alpha value is -3.32. The van der Waals surface area contributed by atoms with Gasteiger partial charge in [0.05, 0.1) is 25.0 Å². The predicted molar refractivity (Wildman–Crippen MR) is 123 cm³/mol. The molecule has 0 bridgehead atoms. The van der Waals surface area contributed by atoms with E-state index in [9.17, 15) is 13.2 Å². The van der Waals surface area contributed by atoms with Crippen molar-refractivity contribution in [2.24, 2.45) is 0 Å². The van der Waals surface area contributed by atoms with Crippen molar-refractivity contribution >= 4 is 21.6 Å². The van der Waals surface area contributed by atoms with Crippen LogP contribution in [0, 0.1) is 6.92 Å². The van der Waals surface area contributed by atoms with Crippen molar-refractivity contribution in [3.8, 4) is 5.75 Å². The van der Waals surface area contributed by atoms with Crippen LogP contribution in [0.3, 0.4) is 0 Å². The molecule has 1 N–H and O–H groups in total. The van der Waals surface area contributed by atoms with Gasteiger partial charge in [0.1, 0.15) is 12.4 Å². The number of anilines is 1. The van der Waals surface area contributed by atoms with Crippen LogP contribution in [0.2, 0.25) is 0 Å². The first-order valence-corrected chi connectivity index (χ1v) is 11.8. The number of benzene rings is 3. The Labute approximate surface area is 183 Å². The monoisotopic (exact) mass is 438 g/mol. The molecule has 3 aromatic carbocycles. The Morgan fingerprint density at radius 2 is 1.58 bits per heavy atom. The summed E-state index contributed by atoms with van der Waals surface area (Å²) in [5.74, 6) is 0.550. The molecule has 0 spiro atoms. The molecule has 7 heteroatoms. The molecule has 162 valence electrons. The third-order valence-corrected chi connectivity index (χ3v) is 5.87. The van der Waals surface area contributed by atoms with Crippen molar-refractivity contribution in [1.29, 1.82) is 0 Å². The lowest BCUT2D eigenvalue weighted by atomic mass is 10.2. The number of carbonyl (C=O) groups is 1. The summed E-state index contributed by atoms with van der Waals surface area (Å²) in [6, 6.07) is 23.6. The molecule has 3 rings (SSSR count). The van der Waals surface area contributed by atoms with E-state index in [1.165, 1.54) is 10.6 Å². The molecule has 0 unspecified atom stereocenters. The van der Waals surface area contributed by atoms with Gasteiger partial charge in [0, 0.05) is 5.56 Å². The molecule has 31 heavy (non-hydrogen) atoms. The van der Waals surface area contributed by atoms with Crippen molar-refractivity contribution in [2.45, 2.75) is 13.5 Å². The number of hydrogen-bond acceptors (Lipinski definition) is 4. The largest absolute Gasteiger partial charge is 0.491 e. The van der Waals surface area contributed by atoms with Crippen LogP contribution in [0.5, 0.6) is 5.75 Å². The van der Waals surface area contributed by atoms with Crippen LogP contribution >= 0.6 is 0 Å². The Morgan fingerprint density at radius 3 is 2.23 bits per heavy atom. The maximum Gasteiger partial charge on any atom is 0.251 e. The fraction of sp³-hybridized carbons (Fsp3) is 0.208. The van der Waals surface area contributed by atoms with Gasteiger partial charge in [0.15, 0.2) is 0 Å². The lowest BCUT2D eigenvalue weighted by molar-refractivity contribution is 0.0947. The minimum Gasteiger partial charge on any atom is -0.491 e. The first-order chi connectivity index (χ1) is 14.8. The summed E-state index contributed by atoms with van der Waals surface area (Å²) >= 11 is 0. The molecule has 0 atom stereocenters. The normalized spacial score (nSPS) is 11.0. The van der Waals surface area contributed by atoms with Crippen LogP contribution in [-0.4, -0.2) is 33.7 Å². The van der Waals surface area contributed by atoms with E-state index in [0.717, 1.165) is 16.9 Å². The number of aryl methyl sites for hydroxylation is 1. The second-order valence-electron chi connectivity index (χ2n) is 7.17. The average molecular weight is 439 g/mol. The molecule has 0 aliphatic carbocycles. The molecule has 0 aliphatic heterocycles. The van der Waals surface area contributed by atoms with Gasteiger partial charge in [0.2, 0.25) is 10.0 Å². The smallest absolute Gasteiger partial charge is 0.251 e. The fourth-order valence-electron chi connectivity index (χ4n) is 3.07. The van der Waals surface area contributed by atoms with E-state index in [1.54, 1.807) is 24.3 Å². The van der Waals surface area contributed by atoms with E-state index in [0.29, 0.717) is 24.4 Å². The summed E-state index contributed by atoms with van der Waals surface area (Å²) in [5.41, 5.74) is 2.87. The van der Waals surface area contributed by atoms with Gasteiger partial charge in [0.25, 0.3) is 5.91 Å². The van der Waals surface area contributed by atoms with Gasteiger partial charge in [-0.3, -0.25) is 9.10 Å². The highest BCUT2D eigenvalue weighted by atomic mass is 32.2. The Balaban J connectivity index is 1.60. The average Bonchev–Trinajstić information content (AvgIpc) is 2.76. The van der Waals surface area contributed by atoms with Gasteiger partial charge in [-0.25, -0.2) is 8.42 Å². The van der Waals surface area contributed by atoms with E-state index in [-0.39, 0.29) is 12.5 Å². The number of rotatable bonds is 9. The van der Waals surface area contributed by atoms with Crippen LogP contribution in [0.25, 0.3) is 0 Å².